The summed E-state index contributed by atoms with van der Waals surface area (Å²) in [5, 5.41) is 7.63. The van der Waals surface area contributed by atoms with Gasteiger partial charge in [0.1, 0.15) is 0 Å². The molecule has 0 unspecified atom stereocenters. The van der Waals surface area contributed by atoms with Crippen molar-refractivity contribution in [1.29, 1.82) is 0 Å². The Morgan fingerprint density at radius 3 is 2.83 bits per heavy atom. The van der Waals surface area contributed by atoms with Crippen molar-refractivity contribution >= 4 is 5.91 Å². The van der Waals surface area contributed by atoms with Crippen LogP contribution >= 0.6 is 0 Å². The van der Waals surface area contributed by atoms with E-state index in [2.05, 4.69) is 15.2 Å². The normalized spacial score (nSPS) is 17.9. The maximum atomic E-state index is 11.2. The molecule has 1 aromatic heterocycles. The van der Waals surface area contributed by atoms with Gasteiger partial charge in [-0.3, -0.25) is 14.9 Å². The van der Waals surface area contributed by atoms with Crippen molar-refractivity contribution in [3.8, 4) is 0 Å². The molecular formula is C10H19N7O. The highest BCUT2D eigenvalue weighted by Crippen LogP contribution is 2.07. The van der Waals surface area contributed by atoms with Gasteiger partial charge in [-0.1, -0.05) is 5.21 Å². The first-order valence-electron chi connectivity index (χ1n) is 6.08. The van der Waals surface area contributed by atoms with E-state index >= 15 is 0 Å². The van der Waals surface area contributed by atoms with Crippen LogP contribution in [0.2, 0.25) is 0 Å². The molecule has 100 valence electrons. The van der Waals surface area contributed by atoms with Crippen molar-refractivity contribution in [2.24, 2.45) is 11.6 Å². The highest BCUT2D eigenvalue weighted by molar-refractivity contribution is 5.91. The summed E-state index contributed by atoms with van der Waals surface area (Å²) in [5.74, 6) is 4.59. The lowest BCUT2D eigenvalue weighted by Gasteiger charge is -2.29. The van der Waals surface area contributed by atoms with Gasteiger partial charge in [0, 0.05) is 12.6 Å². The second-order valence-corrected chi connectivity index (χ2v) is 4.52. The van der Waals surface area contributed by atoms with Gasteiger partial charge in [-0.05, 0) is 25.9 Å². The largest absolute Gasteiger partial charge is 0.328 e. The zero-order valence-electron chi connectivity index (χ0n) is 10.2. The Labute approximate surface area is 105 Å². The van der Waals surface area contributed by atoms with Gasteiger partial charge in [0.2, 0.25) is 0 Å². The van der Waals surface area contributed by atoms with Crippen LogP contribution in [0.1, 0.15) is 23.3 Å². The van der Waals surface area contributed by atoms with Crippen molar-refractivity contribution in [1.82, 2.24) is 25.3 Å². The Bertz CT molecular complexity index is 397. The van der Waals surface area contributed by atoms with Crippen LogP contribution in [0.15, 0.2) is 6.20 Å². The van der Waals surface area contributed by atoms with Gasteiger partial charge in [-0.2, -0.15) is 0 Å². The lowest BCUT2D eigenvalue weighted by molar-refractivity contribution is 0.0948. The standard InChI is InChI=1S/C10H19N7O/c11-8-1-3-16(4-2-8)5-6-17-7-9(14-15-17)10(18)13-12/h7-8H,1-6,11-12H2,(H,13,18). The number of aromatic nitrogens is 3. The van der Waals surface area contributed by atoms with Crippen LogP contribution < -0.4 is 17.0 Å². The van der Waals surface area contributed by atoms with Gasteiger partial charge in [-0.25, -0.2) is 5.84 Å². The minimum absolute atomic E-state index is 0.234. The third-order valence-electron chi connectivity index (χ3n) is 3.18. The molecule has 0 bridgehead atoms. The molecule has 0 atom stereocenters. The van der Waals surface area contributed by atoms with Gasteiger partial charge in [0.05, 0.1) is 12.7 Å². The minimum atomic E-state index is -0.426. The van der Waals surface area contributed by atoms with Crippen LogP contribution in [0, 0.1) is 0 Å². The molecule has 0 aliphatic carbocycles. The molecule has 1 aliphatic rings. The summed E-state index contributed by atoms with van der Waals surface area (Å²) in [5.41, 5.74) is 8.11. The van der Waals surface area contributed by atoms with E-state index < -0.39 is 5.91 Å². The number of nitrogens with two attached hydrogens (primary N) is 2. The van der Waals surface area contributed by atoms with E-state index in [4.69, 9.17) is 11.6 Å². The highest BCUT2D eigenvalue weighted by Gasteiger charge is 2.16. The topological polar surface area (TPSA) is 115 Å². The minimum Gasteiger partial charge on any atom is -0.328 e. The number of hydrazine groups is 1. The summed E-state index contributed by atoms with van der Waals surface area (Å²) in [6, 6.07) is 0.340. The monoisotopic (exact) mass is 253 g/mol. The van der Waals surface area contributed by atoms with Crippen LogP contribution in [0.3, 0.4) is 0 Å². The second-order valence-electron chi connectivity index (χ2n) is 4.52. The molecule has 1 saturated heterocycles. The molecule has 2 heterocycles. The Morgan fingerprint density at radius 2 is 2.17 bits per heavy atom. The van der Waals surface area contributed by atoms with Crippen molar-refractivity contribution in [3.05, 3.63) is 11.9 Å². The first-order chi connectivity index (χ1) is 8.69. The Kier molecular flexibility index (Phi) is 4.24. The number of nitrogens with zero attached hydrogens (tertiary/aromatic N) is 4. The van der Waals surface area contributed by atoms with Gasteiger partial charge in [0.15, 0.2) is 5.69 Å². The number of nitrogens with one attached hydrogen (secondary N) is 1. The van der Waals surface area contributed by atoms with Gasteiger partial charge >= 0.3 is 0 Å². The third kappa shape index (κ3) is 3.25. The zero-order valence-corrected chi connectivity index (χ0v) is 10.2. The van der Waals surface area contributed by atoms with E-state index in [1.807, 2.05) is 5.43 Å². The van der Waals surface area contributed by atoms with E-state index in [-0.39, 0.29) is 5.69 Å². The number of amides is 1. The molecule has 1 aliphatic heterocycles. The van der Waals surface area contributed by atoms with Gasteiger partial charge in [-0.15, -0.1) is 5.10 Å². The average Bonchev–Trinajstić information content (AvgIpc) is 2.86. The number of carbonyl (C=O) groups excluding carboxylic acids is 1. The van der Waals surface area contributed by atoms with Crippen LogP contribution in [0.5, 0.6) is 0 Å². The number of hydrogen-bond acceptors (Lipinski definition) is 6. The van der Waals surface area contributed by atoms with Crippen molar-refractivity contribution in [2.75, 3.05) is 19.6 Å². The Hall–Kier alpha value is -1.51. The molecule has 1 fully saturated rings. The Balaban J connectivity index is 1.79. The smallest absolute Gasteiger partial charge is 0.287 e. The molecule has 18 heavy (non-hydrogen) atoms. The number of piperidine rings is 1. The summed E-state index contributed by atoms with van der Waals surface area (Å²) in [4.78, 5) is 13.5. The maximum absolute atomic E-state index is 11.2. The fourth-order valence-electron chi connectivity index (χ4n) is 2.01. The van der Waals surface area contributed by atoms with Crippen LogP contribution in [0.25, 0.3) is 0 Å². The number of hydrogen-bond donors (Lipinski definition) is 3. The number of carbonyl (C=O) groups is 1. The molecule has 8 nitrogen and oxygen atoms in total. The number of nitrogen functional groups attached to an aromatic ring is 1. The molecule has 8 heteroatoms. The fraction of sp³-hybridized carbons (Fsp3) is 0.700. The first kappa shape index (κ1) is 12.9. The molecule has 0 saturated carbocycles. The lowest BCUT2D eigenvalue weighted by atomic mass is 10.1. The van der Waals surface area contributed by atoms with Crippen molar-refractivity contribution in [2.45, 2.75) is 25.4 Å². The van der Waals surface area contributed by atoms with Crippen LogP contribution in [-0.4, -0.2) is 51.5 Å². The Morgan fingerprint density at radius 1 is 1.44 bits per heavy atom. The van der Waals surface area contributed by atoms with Gasteiger partial charge < -0.3 is 10.6 Å². The van der Waals surface area contributed by atoms with Gasteiger partial charge in [0.25, 0.3) is 5.91 Å². The average molecular weight is 253 g/mol. The molecule has 0 spiro atoms. The predicted octanol–water partition coefficient (Wildman–Crippen LogP) is -1.70. The molecule has 0 radical (unpaired) electrons. The quantitative estimate of drug-likeness (QED) is 0.335. The third-order valence-corrected chi connectivity index (χ3v) is 3.18. The van der Waals surface area contributed by atoms with Crippen LogP contribution in [0.4, 0.5) is 0 Å². The van der Waals surface area contributed by atoms with E-state index in [1.54, 1.807) is 10.9 Å². The molecule has 1 aromatic rings. The molecular weight excluding hydrogens is 234 g/mol. The lowest BCUT2D eigenvalue weighted by Crippen LogP contribution is -2.40. The maximum Gasteiger partial charge on any atom is 0.287 e. The highest BCUT2D eigenvalue weighted by atomic mass is 16.2. The number of likely N-dealkylation sites (tertiary alicyclic amines) is 1. The van der Waals surface area contributed by atoms with Crippen molar-refractivity contribution < 1.29 is 4.79 Å². The molecule has 2 rings (SSSR count). The van der Waals surface area contributed by atoms with Crippen LogP contribution in [-0.2, 0) is 6.54 Å². The van der Waals surface area contributed by atoms with E-state index in [9.17, 15) is 4.79 Å². The summed E-state index contributed by atoms with van der Waals surface area (Å²) in [6.07, 6.45) is 3.67. The first-order valence-corrected chi connectivity index (χ1v) is 6.08. The zero-order chi connectivity index (χ0) is 13.0. The predicted molar refractivity (Wildman–Crippen MR) is 65.3 cm³/mol. The molecule has 1 amide bonds. The summed E-state index contributed by atoms with van der Waals surface area (Å²) in [7, 11) is 0. The van der Waals surface area contributed by atoms with E-state index in [0.29, 0.717) is 12.6 Å². The fourth-order valence-corrected chi connectivity index (χ4v) is 2.01. The summed E-state index contributed by atoms with van der Waals surface area (Å²) in [6.45, 7) is 3.64. The molecule has 5 N–H and O–H groups in total. The van der Waals surface area contributed by atoms with E-state index in [0.717, 1.165) is 32.5 Å². The SMILES string of the molecule is NNC(=O)c1cn(CCN2CCC(N)CC2)nn1. The molecule has 0 aromatic carbocycles. The second kappa shape index (κ2) is 5.89. The summed E-state index contributed by atoms with van der Waals surface area (Å²) >= 11 is 0. The summed E-state index contributed by atoms with van der Waals surface area (Å²) < 4.78 is 1.65. The number of rotatable bonds is 4. The van der Waals surface area contributed by atoms with Crippen molar-refractivity contribution in [3.63, 3.8) is 0 Å². The van der Waals surface area contributed by atoms with E-state index in [1.165, 1.54) is 0 Å².